The largest absolute Gasteiger partial charge is 0.505 e. The summed E-state index contributed by atoms with van der Waals surface area (Å²) in [7, 11) is 0. The van der Waals surface area contributed by atoms with Gasteiger partial charge < -0.3 is 15.2 Å². The van der Waals surface area contributed by atoms with Crippen LogP contribution in [0.1, 0.15) is 13.3 Å². The van der Waals surface area contributed by atoms with Gasteiger partial charge in [0.05, 0.1) is 6.61 Å². The number of rotatable bonds is 3. The number of ether oxygens (including phenoxy) is 1. The molecule has 2 unspecified atom stereocenters. The van der Waals surface area contributed by atoms with Crippen molar-refractivity contribution in [1.82, 2.24) is 0 Å². The smallest absolute Gasteiger partial charge is 0.166 e. The van der Waals surface area contributed by atoms with Gasteiger partial charge in [-0.1, -0.05) is 0 Å². The Hall–Kier alpha value is -1.29. The molecule has 1 heterocycles. The number of hydrogen-bond donors (Lipinski definition) is 2. The van der Waals surface area contributed by atoms with Crippen LogP contribution >= 0.6 is 0 Å². The van der Waals surface area contributed by atoms with Gasteiger partial charge in [0.2, 0.25) is 0 Å². The molecule has 3 nitrogen and oxygen atoms in total. The molecule has 0 spiro atoms. The zero-order chi connectivity index (χ0) is 11.5. The Balaban J connectivity index is 1.99. The lowest BCUT2D eigenvalue weighted by Crippen LogP contribution is -2.26. The first kappa shape index (κ1) is 11.2. The second-order valence-electron chi connectivity index (χ2n) is 4.22. The monoisotopic (exact) mass is 225 g/mol. The van der Waals surface area contributed by atoms with Crippen molar-refractivity contribution in [3.8, 4) is 5.75 Å². The maximum absolute atomic E-state index is 13.1. The number of anilines is 1. The fraction of sp³-hybridized carbons (Fsp3) is 0.500. The van der Waals surface area contributed by atoms with E-state index in [4.69, 9.17) is 9.84 Å². The number of hydrogen-bond acceptors (Lipinski definition) is 3. The van der Waals surface area contributed by atoms with Gasteiger partial charge in [0, 0.05) is 30.3 Å². The van der Waals surface area contributed by atoms with Crippen LogP contribution in [0.5, 0.6) is 5.75 Å². The molecule has 2 N–H and O–H groups in total. The summed E-state index contributed by atoms with van der Waals surface area (Å²) in [4.78, 5) is 0. The van der Waals surface area contributed by atoms with Gasteiger partial charge in [-0.2, -0.15) is 0 Å². The molecule has 1 aliphatic rings. The van der Waals surface area contributed by atoms with E-state index in [1.807, 2.05) is 0 Å². The number of phenols is 1. The van der Waals surface area contributed by atoms with Crippen LogP contribution in [0.3, 0.4) is 0 Å². The van der Waals surface area contributed by atoms with Crippen LogP contribution in [0.2, 0.25) is 0 Å². The summed E-state index contributed by atoms with van der Waals surface area (Å²) in [5.74, 6) is -0.445. The Bertz CT molecular complexity index is 364. The fourth-order valence-electron chi connectivity index (χ4n) is 1.92. The summed E-state index contributed by atoms with van der Waals surface area (Å²) < 4.78 is 18.4. The summed E-state index contributed by atoms with van der Waals surface area (Å²) in [6.07, 6.45) is 1.04. The first-order chi connectivity index (χ1) is 7.66. The molecule has 1 aromatic carbocycles. The first-order valence-corrected chi connectivity index (χ1v) is 5.49. The van der Waals surface area contributed by atoms with E-state index in [1.165, 1.54) is 12.1 Å². The van der Waals surface area contributed by atoms with E-state index < -0.39 is 5.82 Å². The molecular weight excluding hydrogens is 209 g/mol. The van der Waals surface area contributed by atoms with E-state index in [9.17, 15) is 4.39 Å². The normalized spacial score (nSPS) is 22.0. The second-order valence-corrected chi connectivity index (χ2v) is 4.22. The van der Waals surface area contributed by atoms with E-state index >= 15 is 0 Å². The average Bonchev–Trinajstić information content (AvgIpc) is 2.77. The van der Waals surface area contributed by atoms with Crippen molar-refractivity contribution < 1.29 is 14.2 Å². The van der Waals surface area contributed by atoms with Crippen LogP contribution in [-0.2, 0) is 4.74 Å². The molecule has 1 aromatic rings. The molecule has 16 heavy (non-hydrogen) atoms. The minimum Gasteiger partial charge on any atom is -0.505 e. The minimum absolute atomic E-state index is 0.242. The van der Waals surface area contributed by atoms with E-state index in [1.54, 1.807) is 6.07 Å². The standard InChI is InChI=1S/C12H16FNO2/c1-8(9-4-5-16-7-9)14-10-2-3-12(15)11(13)6-10/h2-3,6,8-9,14-15H,4-5,7H2,1H3. The molecule has 0 saturated carbocycles. The summed E-state index contributed by atoms with van der Waals surface area (Å²) >= 11 is 0. The van der Waals surface area contributed by atoms with Crippen molar-refractivity contribution >= 4 is 5.69 Å². The molecule has 0 aliphatic carbocycles. The molecule has 0 radical (unpaired) electrons. The van der Waals surface area contributed by atoms with Crippen LogP contribution in [-0.4, -0.2) is 24.4 Å². The summed E-state index contributed by atoms with van der Waals surface area (Å²) in [6.45, 7) is 3.62. The molecular formula is C12H16FNO2. The van der Waals surface area contributed by atoms with Gasteiger partial charge in [0.25, 0.3) is 0 Å². The number of halogens is 1. The molecule has 0 amide bonds. The quantitative estimate of drug-likeness (QED) is 0.776. The first-order valence-electron chi connectivity index (χ1n) is 5.49. The lowest BCUT2D eigenvalue weighted by atomic mass is 10.0. The van der Waals surface area contributed by atoms with Crippen molar-refractivity contribution in [2.45, 2.75) is 19.4 Å². The summed E-state index contributed by atoms with van der Waals surface area (Å²) in [6, 6.07) is 4.58. The number of aromatic hydroxyl groups is 1. The maximum Gasteiger partial charge on any atom is 0.166 e. The Morgan fingerprint density at radius 3 is 3.00 bits per heavy atom. The topological polar surface area (TPSA) is 41.5 Å². The lowest BCUT2D eigenvalue weighted by Gasteiger charge is -2.20. The second kappa shape index (κ2) is 4.70. The van der Waals surface area contributed by atoms with Crippen LogP contribution < -0.4 is 5.32 Å². The zero-order valence-electron chi connectivity index (χ0n) is 9.24. The van der Waals surface area contributed by atoms with Gasteiger partial charge in [-0.15, -0.1) is 0 Å². The highest BCUT2D eigenvalue weighted by Crippen LogP contribution is 2.23. The van der Waals surface area contributed by atoms with Gasteiger partial charge in [0.1, 0.15) is 0 Å². The highest BCUT2D eigenvalue weighted by molar-refractivity contribution is 5.47. The van der Waals surface area contributed by atoms with Crippen LogP contribution in [0, 0.1) is 11.7 Å². The SMILES string of the molecule is CC(Nc1ccc(O)c(F)c1)C1CCOC1. The third kappa shape index (κ3) is 2.44. The van der Waals surface area contributed by atoms with Gasteiger partial charge in [-0.25, -0.2) is 4.39 Å². The van der Waals surface area contributed by atoms with E-state index in [2.05, 4.69) is 12.2 Å². The van der Waals surface area contributed by atoms with Crippen LogP contribution in [0.15, 0.2) is 18.2 Å². The molecule has 2 atom stereocenters. The number of phenolic OH excluding ortho intramolecular Hbond substituents is 1. The Kier molecular flexibility index (Phi) is 3.29. The lowest BCUT2D eigenvalue weighted by molar-refractivity contribution is 0.183. The summed E-state index contributed by atoms with van der Waals surface area (Å²) in [5, 5.41) is 12.3. The third-order valence-electron chi connectivity index (χ3n) is 3.01. The Morgan fingerprint density at radius 1 is 1.56 bits per heavy atom. The highest BCUT2D eigenvalue weighted by Gasteiger charge is 2.22. The van der Waals surface area contributed by atoms with Crippen molar-refractivity contribution in [3.63, 3.8) is 0 Å². The predicted molar refractivity (Wildman–Crippen MR) is 60.1 cm³/mol. The molecule has 1 aliphatic heterocycles. The van der Waals surface area contributed by atoms with Gasteiger partial charge >= 0.3 is 0 Å². The Morgan fingerprint density at radius 2 is 2.38 bits per heavy atom. The van der Waals surface area contributed by atoms with Crippen molar-refractivity contribution in [1.29, 1.82) is 0 Å². The molecule has 1 fully saturated rings. The van der Waals surface area contributed by atoms with Crippen LogP contribution in [0.4, 0.5) is 10.1 Å². The van der Waals surface area contributed by atoms with Gasteiger partial charge in [-0.05, 0) is 25.5 Å². The van der Waals surface area contributed by atoms with Crippen molar-refractivity contribution in [2.24, 2.45) is 5.92 Å². The summed E-state index contributed by atoms with van der Waals surface area (Å²) in [5.41, 5.74) is 0.690. The minimum atomic E-state index is -0.597. The van der Waals surface area contributed by atoms with Crippen LogP contribution in [0.25, 0.3) is 0 Å². The fourth-order valence-corrected chi connectivity index (χ4v) is 1.92. The molecule has 88 valence electrons. The zero-order valence-corrected chi connectivity index (χ0v) is 9.24. The molecule has 0 aromatic heterocycles. The van der Waals surface area contributed by atoms with Crippen molar-refractivity contribution in [2.75, 3.05) is 18.5 Å². The number of benzene rings is 1. The average molecular weight is 225 g/mol. The molecule has 0 bridgehead atoms. The van der Waals surface area contributed by atoms with E-state index in [0.717, 1.165) is 19.6 Å². The predicted octanol–water partition coefficient (Wildman–Crippen LogP) is 2.37. The van der Waals surface area contributed by atoms with E-state index in [-0.39, 0.29) is 11.8 Å². The third-order valence-corrected chi connectivity index (χ3v) is 3.01. The number of nitrogens with one attached hydrogen (secondary N) is 1. The van der Waals surface area contributed by atoms with E-state index in [0.29, 0.717) is 11.6 Å². The van der Waals surface area contributed by atoms with Gasteiger partial charge in [-0.3, -0.25) is 0 Å². The molecule has 2 rings (SSSR count). The maximum atomic E-state index is 13.1. The van der Waals surface area contributed by atoms with Crippen molar-refractivity contribution in [3.05, 3.63) is 24.0 Å². The molecule has 1 saturated heterocycles. The Labute approximate surface area is 94.2 Å². The molecule has 4 heteroatoms. The van der Waals surface area contributed by atoms with Gasteiger partial charge in [0.15, 0.2) is 11.6 Å². The highest BCUT2D eigenvalue weighted by atomic mass is 19.1.